The van der Waals surface area contributed by atoms with Gasteiger partial charge in [-0.3, -0.25) is 0 Å². The minimum atomic E-state index is -1.45. The minimum Gasteiger partial charge on any atom is -0.449 e. The molecule has 2 amide bonds. The highest BCUT2D eigenvalue weighted by Crippen LogP contribution is 2.47. The Morgan fingerprint density at radius 2 is 1.05 bits per heavy atom. The number of fused-ring (bicyclic) bond motifs is 6. The molecule has 0 spiro atoms. The molecule has 0 fully saturated rings. The van der Waals surface area contributed by atoms with E-state index in [2.05, 4.69) is 91.5 Å². The number of hydrogen-bond donors (Lipinski definition) is 2. The van der Waals surface area contributed by atoms with E-state index in [9.17, 15) is 9.59 Å². The molecule has 6 rings (SSSR count). The number of carbonyl (C=O) groups is 2. The van der Waals surface area contributed by atoms with Crippen LogP contribution in [0.15, 0.2) is 97.1 Å². The fourth-order valence-electron chi connectivity index (χ4n) is 7.56. The second-order valence-corrected chi connectivity index (χ2v) is 16.1. The van der Waals surface area contributed by atoms with Crippen molar-refractivity contribution in [1.82, 2.24) is 15.3 Å². The van der Waals surface area contributed by atoms with E-state index in [-0.39, 0.29) is 50.6 Å². The number of nitrogens with one attached hydrogen (secondary N) is 2. The molecule has 4 aromatic rings. The molecule has 2 N–H and O–H groups in total. The van der Waals surface area contributed by atoms with Gasteiger partial charge in [-0.25, -0.2) is 14.3 Å². The molecule has 0 bridgehead atoms. The van der Waals surface area contributed by atoms with Gasteiger partial charge < -0.3 is 33.9 Å². The van der Waals surface area contributed by atoms with Gasteiger partial charge in [0.15, 0.2) is 0 Å². The first-order chi connectivity index (χ1) is 27.8. The van der Waals surface area contributed by atoms with Crippen molar-refractivity contribution in [3.05, 3.63) is 119 Å². The number of carbonyl (C=O) groups excluding carboxylic acids is 2. The third-order valence-electron chi connectivity index (χ3n) is 10.0. The first kappa shape index (κ1) is 39.9. The number of amides is 2. The molecule has 56 heavy (non-hydrogen) atoms. The quantitative estimate of drug-likeness (QED) is 0.0675. The van der Waals surface area contributed by atoms with Crippen molar-refractivity contribution in [3.8, 4) is 22.3 Å². The topological polar surface area (TPSA) is 108 Å². The lowest BCUT2D eigenvalue weighted by Crippen LogP contribution is -2.34. The van der Waals surface area contributed by atoms with E-state index in [4.69, 9.17) is 24.6 Å². The van der Waals surface area contributed by atoms with Crippen LogP contribution in [-0.4, -0.2) is 81.2 Å². The van der Waals surface area contributed by atoms with Crippen molar-refractivity contribution in [2.75, 3.05) is 46.1 Å². The van der Waals surface area contributed by atoms with Crippen LogP contribution in [0.1, 0.15) is 82.9 Å². The minimum absolute atomic E-state index is 0.00646. The molecule has 0 radical (unpaired) electrons. The number of ether oxygens (including phenoxy) is 3. The molecule has 298 valence electrons. The van der Waals surface area contributed by atoms with Crippen molar-refractivity contribution in [3.63, 3.8) is 0 Å². The van der Waals surface area contributed by atoms with Crippen molar-refractivity contribution >= 4 is 20.7 Å². The van der Waals surface area contributed by atoms with E-state index in [0.29, 0.717) is 39.1 Å². The van der Waals surface area contributed by atoms with Crippen LogP contribution in [-0.2, 0) is 23.3 Å². The second-order valence-electron chi connectivity index (χ2n) is 14.6. The zero-order valence-corrected chi connectivity index (χ0v) is 33.8. The Morgan fingerprint density at radius 3 is 1.46 bits per heavy atom. The summed E-state index contributed by atoms with van der Waals surface area (Å²) in [5.74, 6) is 0.0136. The van der Waals surface area contributed by atoms with E-state index in [1.807, 2.05) is 48.5 Å². The van der Waals surface area contributed by atoms with Gasteiger partial charge in [0, 0.05) is 45.0 Å². The standard InChI is InChI=1S/C45H56N3O7P/c1-31(2)48(32(3)4)56(54-27-15-25-47-45(50)53-30-43-40-22-12-8-18-36(40)37-19-9-13-23-41(37)43)55-28-33(5)51-26-14-24-46-44(49)52-29-42-38-20-10-6-16-34(38)35-17-7-11-21-39(35)42/h6-13,16-23,31-33,42-43H,14-15,24-30H2,1-5H3,(H,46,49)(H,47,50)/i5D. The van der Waals surface area contributed by atoms with Crippen molar-refractivity contribution in [1.29, 1.82) is 0 Å². The molecule has 0 aliphatic heterocycles. The van der Waals surface area contributed by atoms with E-state index in [0.717, 1.165) is 0 Å². The van der Waals surface area contributed by atoms with E-state index < -0.39 is 26.8 Å². The third kappa shape index (κ3) is 10.3. The molecule has 2 aliphatic carbocycles. The molecule has 11 heteroatoms. The summed E-state index contributed by atoms with van der Waals surface area (Å²) in [6.07, 6.45) is -0.233. The summed E-state index contributed by atoms with van der Waals surface area (Å²) >= 11 is 0. The average Bonchev–Trinajstić information content (AvgIpc) is 3.71. The summed E-state index contributed by atoms with van der Waals surface area (Å²) in [6.45, 7) is 10.7. The maximum Gasteiger partial charge on any atom is 0.407 e. The zero-order chi connectivity index (χ0) is 40.1. The van der Waals surface area contributed by atoms with Crippen LogP contribution in [0.2, 0.25) is 0 Å². The van der Waals surface area contributed by atoms with Crippen LogP contribution >= 0.6 is 8.53 Å². The van der Waals surface area contributed by atoms with Gasteiger partial charge in [0.2, 0.25) is 0 Å². The summed E-state index contributed by atoms with van der Waals surface area (Å²) in [4.78, 5) is 25.2. The second kappa shape index (κ2) is 20.2. The summed E-state index contributed by atoms with van der Waals surface area (Å²) in [6, 6.07) is 33.4. The lowest BCUT2D eigenvalue weighted by molar-refractivity contribution is 0.0249. The largest absolute Gasteiger partial charge is 0.449 e. The molecular formula is C45H56N3O7P. The summed E-state index contributed by atoms with van der Waals surface area (Å²) in [5.41, 5.74) is 9.45. The molecule has 0 saturated heterocycles. The molecule has 0 heterocycles. The van der Waals surface area contributed by atoms with Crippen LogP contribution in [0.3, 0.4) is 0 Å². The number of alkyl carbamates (subject to hydrolysis) is 2. The van der Waals surface area contributed by atoms with E-state index in [1.165, 1.54) is 44.5 Å². The molecule has 4 aromatic carbocycles. The fraction of sp³-hybridized carbons (Fsp3) is 0.422. The molecule has 10 nitrogen and oxygen atoms in total. The predicted molar refractivity (Wildman–Crippen MR) is 222 cm³/mol. The van der Waals surface area contributed by atoms with Gasteiger partial charge in [0.1, 0.15) is 13.2 Å². The van der Waals surface area contributed by atoms with Crippen LogP contribution in [0.5, 0.6) is 0 Å². The Bertz CT molecular complexity index is 1830. The Hall–Kier alpha value is -4.31. The third-order valence-corrected chi connectivity index (χ3v) is 12.1. The van der Waals surface area contributed by atoms with E-state index >= 15 is 0 Å². The van der Waals surface area contributed by atoms with Gasteiger partial charge in [0.05, 0.1) is 19.3 Å². The highest BCUT2D eigenvalue weighted by atomic mass is 31.2. The maximum absolute atomic E-state index is 12.7. The summed E-state index contributed by atoms with van der Waals surface area (Å²) < 4.78 is 40.2. The van der Waals surface area contributed by atoms with Gasteiger partial charge in [0.25, 0.3) is 8.53 Å². The molecule has 0 saturated carbocycles. The number of nitrogens with zero attached hydrogens (tertiary/aromatic N) is 1. The maximum atomic E-state index is 12.7. The SMILES string of the molecule is [2H]CC(COP(OCCCNC(=O)OCC1c2ccccc2-c2ccccc21)N(C(C)C)C(C)C)OCCCNC(=O)OCC1c2ccccc2-c2ccccc21. The predicted octanol–water partition coefficient (Wildman–Crippen LogP) is 9.63. The van der Waals surface area contributed by atoms with Crippen LogP contribution in [0.4, 0.5) is 9.59 Å². The molecule has 2 unspecified atom stereocenters. The first-order valence-electron chi connectivity index (χ1n) is 20.4. The fourth-order valence-corrected chi connectivity index (χ4v) is 9.23. The van der Waals surface area contributed by atoms with Gasteiger partial charge in [-0.2, -0.15) is 0 Å². The number of benzene rings is 4. The van der Waals surface area contributed by atoms with Gasteiger partial charge >= 0.3 is 12.2 Å². The Kier molecular flexibility index (Phi) is 14.4. The highest BCUT2D eigenvalue weighted by molar-refractivity contribution is 7.44. The first-order valence-corrected chi connectivity index (χ1v) is 20.8. The monoisotopic (exact) mass is 782 g/mol. The lowest BCUT2D eigenvalue weighted by atomic mass is 9.98. The van der Waals surface area contributed by atoms with Crippen molar-refractivity contribution in [2.24, 2.45) is 0 Å². The zero-order valence-electron chi connectivity index (χ0n) is 33.9. The normalized spacial score (nSPS) is 14.5. The van der Waals surface area contributed by atoms with Crippen LogP contribution < -0.4 is 10.6 Å². The van der Waals surface area contributed by atoms with Crippen LogP contribution in [0, 0.1) is 0 Å². The van der Waals surface area contributed by atoms with Gasteiger partial charge in [-0.1, -0.05) is 97.1 Å². The Morgan fingerprint density at radius 1 is 0.643 bits per heavy atom. The average molecular weight is 783 g/mol. The molecule has 2 aliphatic rings. The highest BCUT2D eigenvalue weighted by Gasteiger charge is 2.31. The lowest BCUT2D eigenvalue weighted by Gasteiger charge is -2.36. The van der Waals surface area contributed by atoms with E-state index in [1.54, 1.807) is 0 Å². The van der Waals surface area contributed by atoms with Crippen molar-refractivity contribution in [2.45, 2.75) is 77.5 Å². The summed E-state index contributed by atoms with van der Waals surface area (Å²) in [7, 11) is -1.45. The summed E-state index contributed by atoms with van der Waals surface area (Å²) in [5, 5.41) is 5.69. The van der Waals surface area contributed by atoms with Gasteiger partial charge in [-0.15, -0.1) is 0 Å². The Balaban J connectivity index is 0.879. The number of rotatable bonds is 20. The molecular weight excluding hydrogens is 725 g/mol. The smallest absolute Gasteiger partial charge is 0.407 e. The molecule has 2 atom stereocenters. The van der Waals surface area contributed by atoms with Crippen molar-refractivity contribution < 1.29 is 34.2 Å². The van der Waals surface area contributed by atoms with Gasteiger partial charge in [-0.05, 0) is 91.9 Å². The molecule has 0 aromatic heterocycles. The van der Waals surface area contributed by atoms with Crippen LogP contribution in [0.25, 0.3) is 22.3 Å². The Labute approximate surface area is 334 Å². The number of hydrogen-bond acceptors (Lipinski definition) is 8.